The fraction of sp³-hybridized carbons (Fsp3) is 0.875. The number of aliphatic hydroxyl groups is 1. The highest BCUT2D eigenvalue weighted by Crippen LogP contribution is 2.50. The number of nitrogens with zero attached hydrogens (tertiary/aromatic N) is 2. The van der Waals surface area contributed by atoms with Gasteiger partial charge in [0.1, 0.15) is 0 Å². The summed E-state index contributed by atoms with van der Waals surface area (Å²) in [4.78, 5) is 28.2. The van der Waals surface area contributed by atoms with Crippen molar-refractivity contribution in [3.8, 4) is 0 Å². The van der Waals surface area contributed by atoms with Crippen molar-refractivity contribution in [3.63, 3.8) is 0 Å². The van der Waals surface area contributed by atoms with Crippen LogP contribution in [0.15, 0.2) is 0 Å². The summed E-state index contributed by atoms with van der Waals surface area (Å²) in [6, 6.07) is 0. The average molecular weight is 294 g/mol. The zero-order valence-electron chi connectivity index (χ0n) is 12.9. The highest BCUT2D eigenvalue weighted by molar-refractivity contribution is 6.34. The van der Waals surface area contributed by atoms with Crippen LogP contribution in [0.25, 0.3) is 0 Å². The summed E-state index contributed by atoms with van der Waals surface area (Å²) in [5, 5.41) is 9.67. The van der Waals surface area contributed by atoms with E-state index >= 15 is 0 Å². The van der Waals surface area contributed by atoms with Crippen molar-refractivity contribution in [2.24, 2.45) is 11.3 Å². The number of β-amino-alcohol motifs (C(OH)–C–C–N with tert-alkyl or cyclic N) is 1. The van der Waals surface area contributed by atoms with Crippen LogP contribution in [0.5, 0.6) is 0 Å². The largest absolute Gasteiger partial charge is 0.391 e. The van der Waals surface area contributed by atoms with Crippen LogP contribution in [0, 0.1) is 11.3 Å². The van der Waals surface area contributed by atoms with Crippen molar-refractivity contribution in [2.75, 3.05) is 26.2 Å². The van der Waals surface area contributed by atoms with E-state index in [1.54, 1.807) is 4.90 Å². The Kier molecular flexibility index (Phi) is 3.95. The Morgan fingerprint density at radius 2 is 1.76 bits per heavy atom. The first kappa shape index (κ1) is 14.8. The van der Waals surface area contributed by atoms with Crippen LogP contribution in [-0.4, -0.2) is 59.0 Å². The number of carbonyl (C=O) groups excluding carboxylic acids is 2. The van der Waals surface area contributed by atoms with Crippen LogP contribution >= 0.6 is 0 Å². The third kappa shape index (κ3) is 2.68. The second kappa shape index (κ2) is 5.59. The molecule has 5 nitrogen and oxygen atoms in total. The highest BCUT2D eigenvalue weighted by atomic mass is 16.3. The Bertz CT molecular complexity index is 433. The molecule has 1 N–H and O–H groups in total. The number of aliphatic hydroxyl groups excluding tert-OH is 1. The van der Waals surface area contributed by atoms with Gasteiger partial charge in [-0.3, -0.25) is 9.59 Å². The molecule has 2 heterocycles. The second-order valence-electron chi connectivity index (χ2n) is 7.18. The molecule has 2 saturated heterocycles. The minimum Gasteiger partial charge on any atom is -0.391 e. The summed E-state index contributed by atoms with van der Waals surface area (Å²) < 4.78 is 0. The zero-order valence-corrected chi connectivity index (χ0v) is 12.9. The molecular formula is C16H26N2O3. The topological polar surface area (TPSA) is 60.9 Å². The van der Waals surface area contributed by atoms with Gasteiger partial charge in [-0.05, 0) is 43.4 Å². The lowest BCUT2D eigenvalue weighted by atomic mass is 9.59. The molecule has 3 rings (SSSR count). The van der Waals surface area contributed by atoms with Crippen molar-refractivity contribution in [3.05, 3.63) is 0 Å². The third-order valence-corrected chi connectivity index (χ3v) is 5.89. The molecule has 1 saturated carbocycles. The van der Waals surface area contributed by atoms with Gasteiger partial charge >= 0.3 is 11.8 Å². The molecule has 5 heteroatoms. The van der Waals surface area contributed by atoms with E-state index in [2.05, 4.69) is 6.92 Å². The van der Waals surface area contributed by atoms with E-state index in [1.165, 1.54) is 24.2 Å². The molecule has 0 aromatic rings. The summed E-state index contributed by atoms with van der Waals surface area (Å²) >= 11 is 0. The predicted octanol–water partition coefficient (Wildman–Crippen LogP) is 1.01. The van der Waals surface area contributed by atoms with Crippen LogP contribution in [0.1, 0.15) is 45.4 Å². The molecule has 1 spiro atoms. The summed E-state index contributed by atoms with van der Waals surface area (Å²) in [7, 11) is 0. The van der Waals surface area contributed by atoms with Crippen LogP contribution in [0.2, 0.25) is 0 Å². The summed E-state index contributed by atoms with van der Waals surface area (Å²) in [5.41, 5.74) is 0.273. The van der Waals surface area contributed by atoms with Gasteiger partial charge < -0.3 is 14.9 Å². The Morgan fingerprint density at radius 3 is 2.38 bits per heavy atom. The van der Waals surface area contributed by atoms with Gasteiger partial charge in [0, 0.05) is 26.2 Å². The van der Waals surface area contributed by atoms with Gasteiger partial charge in [-0.25, -0.2) is 0 Å². The molecule has 3 aliphatic rings. The summed E-state index contributed by atoms with van der Waals surface area (Å²) in [6.07, 6.45) is 5.65. The molecule has 0 aromatic heterocycles. The number of hydrogen-bond acceptors (Lipinski definition) is 3. The highest BCUT2D eigenvalue weighted by Gasteiger charge is 2.47. The SMILES string of the molecule is CC1CCN(C(=O)C(=O)N2CCCC(O)C2)CC12CCC2. The van der Waals surface area contributed by atoms with E-state index in [4.69, 9.17) is 0 Å². The lowest BCUT2D eigenvalue weighted by Crippen LogP contribution is -2.57. The summed E-state index contributed by atoms with van der Waals surface area (Å²) in [6.45, 7) is 4.62. The molecule has 0 bridgehead atoms. The molecule has 3 fully saturated rings. The Hall–Kier alpha value is -1.10. The van der Waals surface area contributed by atoms with Crippen LogP contribution in [0.4, 0.5) is 0 Å². The van der Waals surface area contributed by atoms with Crippen LogP contribution in [0.3, 0.4) is 0 Å². The fourth-order valence-electron chi connectivity index (χ4n) is 4.14. The van der Waals surface area contributed by atoms with Crippen molar-refractivity contribution in [2.45, 2.75) is 51.6 Å². The third-order valence-electron chi connectivity index (χ3n) is 5.89. The normalized spacial score (nSPS) is 31.9. The maximum absolute atomic E-state index is 12.5. The van der Waals surface area contributed by atoms with Gasteiger partial charge in [0.05, 0.1) is 6.10 Å². The maximum Gasteiger partial charge on any atom is 0.312 e. The maximum atomic E-state index is 12.5. The molecule has 21 heavy (non-hydrogen) atoms. The van der Waals surface area contributed by atoms with E-state index in [0.717, 1.165) is 25.8 Å². The number of hydrogen-bond donors (Lipinski definition) is 1. The van der Waals surface area contributed by atoms with Crippen LogP contribution < -0.4 is 0 Å². The molecular weight excluding hydrogens is 268 g/mol. The smallest absolute Gasteiger partial charge is 0.312 e. The van der Waals surface area contributed by atoms with E-state index in [-0.39, 0.29) is 11.3 Å². The van der Waals surface area contributed by atoms with Crippen molar-refractivity contribution >= 4 is 11.8 Å². The average Bonchev–Trinajstić information content (AvgIpc) is 2.44. The molecule has 1 aliphatic carbocycles. The number of amides is 2. The molecule has 0 radical (unpaired) electrons. The number of rotatable bonds is 0. The summed E-state index contributed by atoms with van der Waals surface area (Å²) in [5.74, 6) is -0.123. The Balaban J connectivity index is 1.63. The molecule has 2 aliphatic heterocycles. The van der Waals surface area contributed by atoms with Gasteiger partial charge in [-0.2, -0.15) is 0 Å². The van der Waals surface area contributed by atoms with E-state index in [1.807, 2.05) is 0 Å². The monoisotopic (exact) mass is 294 g/mol. The van der Waals surface area contributed by atoms with Crippen molar-refractivity contribution in [1.82, 2.24) is 9.80 Å². The standard InChI is InChI=1S/C16H26N2O3/c1-12-5-9-18(11-16(12)6-3-7-16)15(21)14(20)17-8-2-4-13(19)10-17/h12-13,19H,2-11H2,1H3. The van der Waals surface area contributed by atoms with Gasteiger partial charge in [-0.1, -0.05) is 13.3 Å². The first-order valence-corrected chi connectivity index (χ1v) is 8.28. The molecule has 2 amide bonds. The van der Waals surface area contributed by atoms with Crippen molar-refractivity contribution in [1.29, 1.82) is 0 Å². The molecule has 2 atom stereocenters. The Labute approximate surface area is 126 Å². The van der Waals surface area contributed by atoms with Gasteiger partial charge in [0.2, 0.25) is 0 Å². The first-order valence-electron chi connectivity index (χ1n) is 8.28. The van der Waals surface area contributed by atoms with Crippen molar-refractivity contribution < 1.29 is 14.7 Å². The molecule has 0 aromatic carbocycles. The molecule has 118 valence electrons. The number of piperidine rings is 2. The minimum atomic E-state index is -0.477. The number of likely N-dealkylation sites (tertiary alicyclic amines) is 2. The van der Waals surface area contributed by atoms with E-state index in [9.17, 15) is 14.7 Å². The predicted molar refractivity (Wildman–Crippen MR) is 78.5 cm³/mol. The van der Waals surface area contributed by atoms with E-state index in [0.29, 0.717) is 25.6 Å². The fourth-order valence-corrected chi connectivity index (χ4v) is 4.14. The lowest BCUT2D eigenvalue weighted by molar-refractivity contribution is -0.157. The van der Waals surface area contributed by atoms with Gasteiger partial charge in [-0.15, -0.1) is 0 Å². The quantitative estimate of drug-likeness (QED) is 0.678. The molecule has 2 unspecified atom stereocenters. The number of carbonyl (C=O) groups is 2. The minimum absolute atomic E-state index is 0.273. The lowest BCUT2D eigenvalue weighted by Gasteiger charge is -2.53. The zero-order chi connectivity index (χ0) is 15.0. The Morgan fingerprint density at radius 1 is 1.05 bits per heavy atom. The second-order valence-corrected chi connectivity index (χ2v) is 7.18. The van der Waals surface area contributed by atoms with E-state index < -0.39 is 12.0 Å². The van der Waals surface area contributed by atoms with Gasteiger partial charge in [0.25, 0.3) is 0 Å². The van der Waals surface area contributed by atoms with Crippen LogP contribution in [-0.2, 0) is 9.59 Å². The first-order chi connectivity index (χ1) is 10.0. The van der Waals surface area contributed by atoms with Gasteiger partial charge in [0.15, 0.2) is 0 Å².